The van der Waals surface area contributed by atoms with Crippen molar-refractivity contribution in [3.63, 3.8) is 0 Å². The van der Waals surface area contributed by atoms with Crippen LogP contribution < -0.4 is 15.4 Å². The van der Waals surface area contributed by atoms with E-state index in [-0.39, 0.29) is 12.1 Å². The Balaban J connectivity index is 1.70. The van der Waals surface area contributed by atoms with Gasteiger partial charge in [0, 0.05) is 18.2 Å². The smallest absolute Gasteiger partial charge is 0.315 e. The summed E-state index contributed by atoms with van der Waals surface area (Å²) in [7, 11) is 1.71. The summed E-state index contributed by atoms with van der Waals surface area (Å²) >= 11 is 0. The molecule has 1 aliphatic carbocycles. The quantitative estimate of drug-likeness (QED) is 0.848. The first-order chi connectivity index (χ1) is 11.3. The molecular formula is C18H27N3O2. The molecule has 23 heavy (non-hydrogen) atoms. The van der Waals surface area contributed by atoms with Gasteiger partial charge in [0.2, 0.25) is 0 Å². The Bertz CT molecular complexity index is 525. The lowest BCUT2D eigenvalue weighted by molar-refractivity contribution is 0.157. The van der Waals surface area contributed by atoms with Crippen molar-refractivity contribution in [2.45, 2.75) is 44.2 Å². The average molecular weight is 317 g/mol. The highest BCUT2D eigenvalue weighted by Gasteiger charge is 2.27. The highest BCUT2D eigenvalue weighted by atomic mass is 16.5. The van der Waals surface area contributed by atoms with Crippen LogP contribution in [-0.2, 0) is 0 Å². The fourth-order valence-electron chi connectivity index (χ4n) is 3.26. The molecule has 3 rings (SSSR count). The number of hydrogen-bond acceptors (Lipinski definition) is 3. The molecule has 1 aliphatic heterocycles. The second kappa shape index (κ2) is 7.68. The lowest BCUT2D eigenvalue weighted by atomic mass is 10.0. The lowest BCUT2D eigenvalue weighted by Gasteiger charge is -2.35. The number of methoxy groups -OCH3 is 1. The molecule has 2 fully saturated rings. The summed E-state index contributed by atoms with van der Waals surface area (Å²) < 4.78 is 5.54. The van der Waals surface area contributed by atoms with Gasteiger partial charge in [0.1, 0.15) is 5.75 Å². The third-order valence-corrected chi connectivity index (χ3v) is 4.70. The molecule has 1 saturated carbocycles. The van der Waals surface area contributed by atoms with E-state index in [2.05, 4.69) is 21.6 Å². The molecule has 5 nitrogen and oxygen atoms in total. The van der Waals surface area contributed by atoms with E-state index in [1.54, 1.807) is 7.11 Å². The number of nitrogens with zero attached hydrogens (tertiary/aromatic N) is 1. The standard InChI is InChI=1S/C18H27N3O2/c1-23-17-8-4-3-7-15(17)16(21-11-5-2-6-12-21)13-19-18(22)20-14-9-10-14/h3-4,7-8,14,16H,2,5-6,9-13H2,1H3,(H2,19,20,22)/t16-/m1/s1. The number of carbonyl (C=O) groups is 1. The summed E-state index contributed by atoms with van der Waals surface area (Å²) in [6, 6.07) is 8.63. The average Bonchev–Trinajstić information content (AvgIpc) is 3.40. The fourth-order valence-corrected chi connectivity index (χ4v) is 3.26. The summed E-state index contributed by atoms with van der Waals surface area (Å²) in [4.78, 5) is 14.5. The number of hydrogen-bond donors (Lipinski definition) is 2. The van der Waals surface area contributed by atoms with Crippen LogP contribution >= 0.6 is 0 Å². The Hall–Kier alpha value is -1.75. The minimum Gasteiger partial charge on any atom is -0.496 e. The molecule has 1 atom stereocenters. The maximum absolute atomic E-state index is 12.0. The van der Waals surface area contributed by atoms with Gasteiger partial charge < -0.3 is 15.4 Å². The molecule has 1 heterocycles. The Morgan fingerprint density at radius 3 is 2.70 bits per heavy atom. The summed E-state index contributed by atoms with van der Waals surface area (Å²) in [5.41, 5.74) is 1.16. The van der Waals surface area contributed by atoms with Crippen LogP contribution in [-0.4, -0.2) is 43.7 Å². The Morgan fingerprint density at radius 1 is 1.26 bits per heavy atom. The molecule has 2 amide bonds. The Labute approximate surface area is 138 Å². The molecule has 2 aliphatic rings. The molecule has 1 aromatic rings. The maximum atomic E-state index is 12.0. The zero-order valence-electron chi connectivity index (χ0n) is 13.9. The van der Waals surface area contributed by atoms with Crippen molar-refractivity contribution in [3.05, 3.63) is 29.8 Å². The summed E-state index contributed by atoms with van der Waals surface area (Å²) in [6.45, 7) is 2.77. The molecule has 0 aromatic heterocycles. The predicted molar refractivity (Wildman–Crippen MR) is 90.7 cm³/mol. The van der Waals surface area contributed by atoms with Crippen molar-refractivity contribution in [2.24, 2.45) is 0 Å². The topological polar surface area (TPSA) is 53.6 Å². The second-order valence-electron chi connectivity index (χ2n) is 6.48. The monoisotopic (exact) mass is 317 g/mol. The largest absolute Gasteiger partial charge is 0.496 e. The van der Waals surface area contributed by atoms with E-state index in [1.165, 1.54) is 19.3 Å². The van der Waals surface area contributed by atoms with Crippen LogP contribution in [0.3, 0.4) is 0 Å². The molecule has 5 heteroatoms. The number of urea groups is 1. The van der Waals surface area contributed by atoms with Gasteiger partial charge in [-0.1, -0.05) is 24.6 Å². The van der Waals surface area contributed by atoms with Crippen molar-refractivity contribution in [1.82, 2.24) is 15.5 Å². The van der Waals surface area contributed by atoms with E-state index in [9.17, 15) is 4.79 Å². The SMILES string of the molecule is COc1ccccc1[C@@H](CNC(=O)NC1CC1)N1CCCCC1. The van der Waals surface area contributed by atoms with Gasteiger partial charge in [0.25, 0.3) is 0 Å². The van der Waals surface area contributed by atoms with Crippen LogP contribution in [0, 0.1) is 0 Å². The van der Waals surface area contributed by atoms with Crippen LogP contribution in [0.15, 0.2) is 24.3 Å². The molecule has 2 N–H and O–H groups in total. The van der Waals surface area contributed by atoms with Crippen LogP contribution in [0.5, 0.6) is 5.75 Å². The van der Waals surface area contributed by atoms with Crippen LogP contribution in [0.1, 0.15) is 43.7 Å². The van der Waals surface area contributed by atoms with Crippen LogP contribution in [0.4, 0.5) is 4.79 Å². The first-order valence-corrected chi connectivity index (χ1v) is 8.69. The number of amides is 2. The second-order valence-corrected chi connectivity index (χ2v) is 6.48. The minimum atomic E-state index is -0.0515. The van der Waals surface area contributed by atoms with Gasteiger partial charge in [-0.25, -0.2) is 4.79 Å². The van der Waals surface area contributed by atoms with Crippen molar-refractivity contribution < 1.29 is 9.53 Å². The zero-order chi connectivity index (χ0) is 16.1. The Kier molecular flexibility index (Phi) is 5.39. The van der Waals surface area contributed by atoms with Crippen molar-refractivity contribution >= 4 is 6.03 Å². The number of likely N-dealkylation sites (tertiary alicyclic amines) is 1. The molecule has 0 bridgehead atoms. The van der Waals surface area contributed by atoms with E-state index in [0.717, 1.165) is 37.2 Å². The lowest BCUT2D eigenvalue weighted by Crippen LogP contribution is -2.44. The molecule has 126 valence electrons. The van der Waals surface area contributed by atoms with Crippen molar-refractivity contribution in [3.8, 4) is 5.75 Å². The minimum absolute atomic E-state index is 0.0515. The number of rotatable bonds is 6. The first-order valence-electron chi connectivity index (χ1n) is 8.69. The van der Waals surface area contributed by atoms with E-state index in [4.69, 9.17) is 4.74 Å². The molecule has 0 radical (unpaired) electrons. The predicted octanol–water partition coefficient (Wildman–Crippen LogP) is 2.68. The summed E-state index contributed by atoms with van der Waals surface area (Å²) in [5, 5.41) is 6.05. The van der Waals surface area contributed by atoms with Gasteiger partial charge in [0.05, 0.1) is 13.2 Å². The Morgan fingerprint density at radius 2 is 2.00 bits per heavy atom. The van der Waals surface area contributed by atoms with Gasteiger partial charge >= 0.3 is 6.03 Å². The fraction of sp³-hybridized carbons (Fsp3) is 0.611. The number of carbonyl (C=O) groups excluding carboxylic acids is 1. The van der Waals surface area contributed by atoms with E-state index in [0.29, 0.717) is 12.6 Å². The van der Waals surface area contributed by atoms with E-state index < -0.39 is 0 Å². The molecule has 0 unspecified atom stereocenters. The van der Waals surface area contributed by atoms with Crippen LogP contribution in [0.25, 0.3) is 0 Å². The van der Waals surface area contributed by atoms with Crippen molar-refractivity contribution in [2.75, 3.05) is 26.7 Å². The maximum Gasteiger partial charge on any atom is 0.315 e. The third kappa shape index (κ3) is 4.38. The number of piperidine rings is 1. The van der Waals surface area contributed by atoms with Gasteiger partial charge in [-0.15, -0.1) is 0 Å². The highest BCUT2D eigenvalue weighted by Crippen LogP contribution is 2.30. The number of para-hydroxylation sites is 1. The number of ether oxygens (including phenoxy) is 1. The molecule has 1 saturated heterocycles. The molecule has 0 spiro atoms. The first kappa shape index (κ1) is 16.1. The van der Waals surface area contributed by atoms with Crippen LogP contribution in [0.2, 0.25) is 0 Å². The third-order valence-electron chi connectivity index (χ3n) is 4.70. The van der Waals surface area contributed by atoms with E-state index in [1.807, 2.05) is 18.2 Å². The van der Waals surface area contributed by atoms with Gasteiger partial charge in [-0.3, -0.25) is 4.90 Å². The van der Waals surface area contributed by atoms with E-state index >= 15 is 0 Å². The normalized spacial score (nSPS) is 19.9. The number of benzene rings is 1. The van der Waals surface area contributed by atoms with Gasteiger partial charge in [-0.05, 0) is 44.8 Å². The highest BCUT2D eigenvalue weighted by molar-refractivity contribution is 5.74. The summed E-state index contributed by atoms with van der Waals surface area (Å²) in [6.07, 6.45) is 5.95. The van der Waals surface area contributed by atoms with Gasteiger partial charge in [-0.2, -0.15) is 0 Å². The number of nitrogens with one attached hydrogen (secondary N) is 2. The molecule has 1 aromatic carbocycles. The summed E-state index contributed by atoms with van der Waals surface area (Å²) in [5.74, 6) is 0.896. The molecular weight excluding hydrogens is 290 g/mol. The zero-order valence-corrected chi connectivity index (χ0v) is 13.9. The van der Waals surface area contributed by atoms with Crippen molar-refractivity contribution in [1.29, 1.82) is 0 Å². The van der Waals surface area contributed by atoms with Gasteiger partial charge in [0.15, 0.2) is 0 Å².